The number of nitrogens with two attached hydrogens (primary N) is 1. The molecule has 1 fully saturated rings. The van der Waals surface area contributed by atoms with Crippen LogP contribution in [-0.4, -0.2) is 79.9 Å². The fraction of sp³-hybridized carbons (Fsp3) is 0.310. The zero-order valence-corrected chi connectivity index (χ0v) is 23.1. The van der Waals surface area contributed by atoms with Crippen molar-refractivity contribution in [2.45, 2.75) is 19.4 Å². The lowest BCUT2D eigenvalue weighted by molar-refractivity contribution is -0.136. The molecule has 1 aliphatic heterocycles. The molecule has 3 aromatic heterocycles. The normalized spacial score (nSPS) is 15.2. The van der Waals surface area contributed by atoms with Crippen LogP contribution in [0.3, 0.4) is 0 Å². The van der Waals surface area contributed by atoms with Crippen LogP contribution >= 0.6 is 0 Å². The van der Waals surface area contributed by atoms with E-state index in [-0.39, 0.29) is 12.5 Å². The molecule has 2 aliphatic rings. The number of benzene rings is 1. The predicted octanol–water partition coefficient (Wildman–Crippen LogP) is 2.44. The lowest BCUT2D eigenvalue weighted by atomic mass is 9.91. The number of morpholine rings is 1. The molecule has 1 aliphatic carbocycles. The van der Waals surface area contributed by atoms with Crippen LogP contribution in [-0.2, 0) is 36.0 Å². The number of nitrogens with zero attached hydrogens (tertiary/aromatic N) is 8. The lowest BCUT2D eigenvalue weighted by Gasteiger charge is -2.26. The Morgan fingerprint density at radius 3 is 2.71 bits per heavy atom. The van der Waals surface area contributed by atoms with Crippen molar-refractivity contribution < 1.29 is 9.53 Å². The quantitative estimate of drug-likeness (QED) is 0.333. The number of hydrogen-bond acceptors (Lipinski definition) is 9. The van der Waals surface area contributed by atoms with Gasteiger partial charge in [0.2, 0.25) is 11.9 Å². The highest BCUT2D eigenvalue weighted by molar-refractivity contribution is 6.09. The number of carbonyl (C=O) groups excluding carboxylic acids is 1. The van der Waals surface area contributed by atoms with Crippen LogP contribution in [0.25, 0.3) is 28.1 Å². The number of aromatic nitrogens is 6. The van der Waals surface area contributed by atoms with E-state index in [1.54, 1.807) is 35.2 Å². The second-order valence-corrected chi connectivity index (χ2v) is 9.96. The third kappa shape index (κ3) is 5.33. The Balaban J connectivity index is 1.25. The third-order valence-electron chi connectivity index (χ3n) is 7.33. The topological polar surface area (TPSA) is 141 Å². The Bertz CT molecular complexity index is 1630. The number of anilines is 2. The average molecular weight is 553 g/mol. The Morgan fingerprint density at radius 2 is 1.95 bits per heavy atom. The third-order valence-corrected chi connectivity index (χ3v) is 7.33. The molecule has 210 valence electrons. The highest BCUT2D eigenvalue weighted by atomic mass is 16.5. The van der Waals surface area contributed by atoms with E-state index < -0.39 is 0 Å². The van der Waals surface area contributed by atoms with Crippen molar-refractivity contribution in [2.24, 2.45) is 17.8 Å². The summed E-state index contributed by atoms with van der Waals surface area (Å²) in [5.74, 6) is 1.02. The minimum absolute atomic E-state index is 0.0198. The van der Waals surface area contributed by atoms with E-state index in [9.17, 15) is 4.79 Å². The van der Waals surface area contributed by atoms with Crippen molar-refractivity contribution in [1.29, 1.82) is 0 Å². The van der Waals surface area contributed by atoms with E-state index in [0.717, 1.165) is 57.8 Å². The molecule has 1 saturated heterocycles. The average Bonchev–Trinajstić information content (AvgIpc) is 3.59. The SMILES string of the molecule is CN=C/C(=C\N)c1ccc(-c2c3c(nn2C)CCc2cnc(Nc4ccn(CC(=O)N5CCOCC5)n4)nc2-3)cc1. The van der Waals surface area contributed by atoms with Gasteiger partial charge in [-0.25, -0.2) is 9.97 Å². The minimum atomic E-state index is 0.0198. The van der Waals surface area contributed by atoms with E-state index in [4.69, 9.17) is 20.6 Å². The van der Waals surface area contributed by atoms with Crippen molar-refractivity contribution in [2.75, 3.05) is 38.7 Å². The molecule has 6 rings (SSSR count). The van der Waals surface area contributed by atoms with Crippen LogP contribution < -0.4 is 11.1 Å². The summed E-state index contributed by atoms with van der Waals surface area (Å²) in [4.78, 5) is 28.0. The Hall–Kier alpha value is -4.84. The summed E-state index contributed by atoms with van der Waals surface area (Å²) in [5, 5.41) is 12.6. The number of hydrogen-bond donors (Lipinski definition) is 2. The standard InChI is InChI=1S/C29H32N10O2/c1-31-16-22(15-30)19-3-5-20(6-4-19)28-26-23(35-37(28)2)8-7-21-17-32-29(34-27(21)26)33-24-9-10-39(36-24)18-25(40)38-11-13-41-14-12-38/h3-6,9-10,15-17H,7-8,11-14,18,30H2,1-2H3,(H,32,33,34,36)/b22-15+,31-16?. The van der Waals surface area contributed by atoms with Gasteiger partial charge in [0.15, 0.2) is 5.82 Å². The summed E-state index contributed by atoms with van der Waals surface area (Å²) in [5.41, 5.74) is 13.6. The Morgan fingerprint density at radius 1 is 1.15 bits per heavy atom. The van der Waals surface area contributed by atoms with Gasteiger partial charge in [-0.1, -0.05) is 24.3 Å². The molecule has 0 atom stereocenters. The van der Waals surface area contributed by atoms with Crippen LogP contribution in [0.2, 0.25) is 0 Å². The van der Waals surface area contributed by atoms with Gasteiger partial charge in [-0.2, -0.15) is 10.2 Å². The van der Waals surface area contributed by atoms with Crippen molar-refractivity contribution in [3.8, 4) is 22.5 Å². The molecule has 4 aromatic rings. The monoisotopic (exact) mass is 552 g/mol. The molecule has 3 N–H and O–H groups in total. The van der Waals surface area contributed by atoms with Crippen LogP contribution in [0.4, 0.5) is 11.8 Å². The molecule has 0 bridgehead atoms. The van der Waals surface area contributed by atoms with Crippen LogP contribution in [0.5, 0.6) is 0 Å². The van der Waals surface area contributed by atoms with Gasteiger partial charge in [0, 0.05) is 74.8 Å². The van der Waals surface area contributed by atoms with Gasteiger partial charge < -0.3 is 20.7 Å². The number of carbonyl (C=O) groups is 1. The first-order chi connectivity index (χ1) is 20.0. The molecule has 0 radical (unpaired) electrons. The summed E-state index contributed by atoms with van der Waals surface area (Å²) < 4.78 is 8.88. The summed E-state index contributed by atoms with van der Waals surface area (Å²) in [6, 6.07) is 10.0. The van der Waals surface area contributed by atoms with E-state index >= 15 is 0 Å². The molecule has 0 unspecified atom stereocenters. The zero-order valence-electron chi connectivity index (χ0n) is 23.1. The number of fused-ring (bicyclic) bond motifs is 3. The number of allylic oxidation sites excluding steroid dienone is 1. The van der Waals surface area contributed by atoms with E-state index in [0.29, 0.717) is 38.1 Å². The first-order valence-electron chi connectivity index (χ1n) is 13.6. The molecular weight excluding hydrogens is 520 g/mol. The van der Waals surface area contributed by atoms with Gasteiger partial charge in [-0.15, -0.1) is 0 Å². The zero-order chi connectivity index (χ0) is 28.3. The number of nitrogens with one attached hydrogen (secondary N) is 1. The second kappa shape index (κ2) is 11.3. The minimum Gasteiger partial charge on any atom is -0.404 e. The van der Waals surface area contributed by atoms with Gasteiger partial charge in [-0.05, 0) is 24.0 Å². The molecule has 1 amide bonds. The maximum Gasteiger partial charge on any atom is 0.244 e. The molecule has 0 spiro atoms. The predicted molar refractivity (Wildman–Crippen MR) is 157 cm³/mol. The van der Waals surface area contributed by atoms with Crippen molar-refractivity contribution >= 4 is 29.5 Å². The molecule has 12 nitrogen and oxygen atoms in total. The van der Waals surface area contributed by atoms with Gasteiger partial charge in [0.25, 0.3) is 0 Å². The number of aliphatic imine (C=N–C) groups is 1. The molecule has 0 saturated carbocycles. The molecule has 41 heavy (non-hydrogen) atoms. The van der Waals surface area contributed by atoms with Crippen LogP contribution in [0.15, 0.2) is 53.9 Å². The fourth-order valence-corrected chi connectivity index (χ4v) is 5.31. The fourth-order valence-electron chi connectivity index (χ4n) is 5.31. The van der Waals surface area contributed by atoms with Crippen molar-refractivity contribution in [3.63, 3.8) is 0 Å². The smallest absolute Gasteiger partial charge is 0.244 e. The first-order valence-corrected chi connectivity index (χ1v) is 13.6. The maximum atomic E-state index is 12.6. The highest BCUT2D eigenvalue weighted by Gasteiger charge is 2.27. The lowest BCUT2D eigenvalue weighted by Crippen LogP contribution is -2.42. The van der Waals surface area contributed by atoms with E-state index in [2.05, 4.69) is 32.5 Å². The van der Waals surface area contributed by atoms with Gasteiger partial charge in [0.1, 0.15) is 6.54 Å². The summed E-state index contributed by atoms with van der Waals surface area (Å²) in [7, 11) is 3.68. The summed E-state index contributed by atoms with van der Waals surface area (Å²) in [6.45, 7) is 2.52. The summed E-state index contributed by atoms with van der Waals surface area (Å²) >= 11 is 0. The molecule has 1 aromatic carbocycles. The van der Waals surface area contributed by atoms with Crippen molar-refractivity contribution in [3.05, 3.63) is 65.7 Å². The van der Waals surface area contributed by atoms with E-state index in [1.807, 2.05) is 36.1 Å². The van der Waals surface area contributed by atoms with Gasteiger partial charge in [-0.3, -0.25) is 19.2 Å². The number of amides is 1. The number of ether oxygens (including phenoxy) is 1. The second-order valence-electron chi connectivity index (χ2n) is 9.96. The highest BCUT2D eigenvalue weighted by Crippen LogP contribution is 2.39. The first kappa shape index (κ1) is 26.4. The number of rotatable bonds is 7. The Kier molecular flexibility index (Phi) is 7.30. The molecule has 4 heterocycles. The van der Waals surface area contributed by atoms with Crippen molar-refractivity contribution in [1.82, 2.24) is 34.4 Å². The van der Waals surface area contributed by atoms with Gasteiger partial charge in [0.05, 0.1) is 30.3 Å². The van der Waals surface area contributed by atoms with E-state index in [1.165, 1.54) is 0 Å². The van der Waals surface area contributed by atoms with Crippen LogP contribution in [0, 0.1) is 0 Å². The maximum absolute atomic E-state index is 12.6. The molecule has 12 heteroatoms. The van der Waals surface area contributed by atoms with Crippen LogP contribution in [0.1, 0.15) is 16.8 Å². The largest absolute Gasteiger partial charge is 0.404 e. The Labute approximate surface area is 237 Å². The number of aryl methyl sites for hydroxylation is 3. The van der Waals surface area contributed by atoms with Gasteiger partial charge >= 0.3 is 0 Å². The molecular formula is C29H32N10O2. The summed E-state index contributed by atoms with van der Waals surface area (Å²) in [6.07, 6.45) is 8.58.